The Morgan fingerprint density at radius 3 is 2.36 bits per heavy atom. The number of rotatable bonds is 5. The van der Waals surface area contributed by atoms with Crippen molar-refractivity contribution in [3.63, 3.8) is 0 Å². The van der Waals surface area contributed by atoms with Crippen LogP contribution in [0.4, 0.5) is 0 Å². The normalized spacial score (nSPS) is 45.3. The minimum atomic E-state index is -0.557. The highest BCUT2D eigenvalue weighted by Gasteiger charge is 2.60. The lowest BCUT2D eigenvalue weighted by Gasteiger charge is -2.39. The molecule has 0 aromatic carbocycles. The minimum Gasteiger partial charge on any atom is -0.368 e. The predicted octanol–water partition coefficient (Wildman–Crippen LogP) is 4.85. The zero-order valence-electron chi connectivity index (χ0n) is 15.2. The second-order valence-electron chi connectivity index (χ2n) is 9.29. The van der Waals surface area contributed by atoms with E-state index in [2.05, 4.69) is 13.8 Å². The van der Waals surface area contributed by atoms with Gasteiger partial charge in [-0.15, -0.1) is 0 Å². The summed E-state index contributed by atoms with van der Waals surface area (Å²) in [6.45, 7) is 10.9. The summed E-state index contributed by atoms with van der Waals surface area (Å²) in [5.74, 6) is 5.69. The Morgan fingerprint density at radius 1 is 1.05 bits per heavy atom. The first kappa shape index (κ1) is 16.8. The molecule has 22 heavy (non-hydrogen) atoms. The first-order valence-corrected chi connectivity index (χ1v) is 9.71. The van der Waals surface area contributed by atoms with Crippen LogP contribution in [0.5, 0.6) is 0 Å². The molecule has 2 bridgehead atoms. The van der Waals surface area contributed by atoms with Crippen LogP contribution in [-0.4, -0.2) is 17.0 Å². The van der Waals surface area contributed by atoms with Crippen molar-refractivity contribution in [2.75, 3.05) is 0 Å². The van der Waals surface area contributed by atoms with E-state index in [0.29, 0.717) is 5.92 Å². The summed E-state index contributed by atoms with van der Waals surface area (Å²) in [6.07, 6.45) is 7.55. The molecule has 128 valence electrons. The molecule has 3 rings (SSSR count). The average Bonchev–Trinajstić information content (AvgIpc) is 3.07. The van der Waals surface area contributed by atoms with Gasteiger partial charge in [0.25, 0.3) is 0 Å². The van der Waals surface area contributed by atoms with Crippen molar-refractivity contribution in [1.29, 1.82) is 0 Å². The monoisotopic (exact) mass is 308 g/mol. The van der Waals surface area contributed by atoms with E-state index in [1.54, 1.807) is 0 Å². The van der Waals surface area contributed by atoms with E-state index in [1.165, 1.54) is 38.5 Å². The molecule has 1 N–H and O–H groups in total. The van der Waals surface area contributed by atoms with Crippen molar-refractivity contribution in [3.8, 4) is 0 Å². The number of aliphatic hydroxyl groups excluding tert-OH is 1. The van der Waals surface area contributed by atoms with Crippen molar-refractivity contribution in [1.82, 2.24) is 0 Å². The van der Waals surface area contributed by atoms with Crippen LogP contribution in [0.1, 0.15) is 73.1 Å². The van der Waals surface area contributed by atoms with Crippen LogP contribution < -0.4 is 0 Å². The van der Waals surface area contributed by atoms with Gasteiger partial charge in [-0.3, -0.25) is 0 Å². The molecule has 0 aromatic rings. The second kappa shape index (κ2) is 6.09. The fraction of sp³-hybridized carbons (Fsp3) is 1.00. The first-order valence-electron chi connectivity index (χ1n) is 9.71. The lowest BCUT2D eigenvalue weighted by Crippen LogP contribution is -2.40. The molecular weight excluding hydrogens is 272 g/mol. The highest BCUT2D eigenvalue weighted by atomic mass is 16.6. The third-order valence-electron chi connectivity index (χ3n) is 6.90. The maximum absolute atomic E-state index is 10.6. The van der Waals surface area contributed by atoms with E-state index >= 15 is 0 Å². The molecule has 3 aliphatic carbocycles. The van der Waals surface area contributed by atoms with Gasteiger partial charge in [0.05, 0.1) is 5.60 Å². The molecule has 3 saturated carbocycles. The van der Waals surface area contributed by atoms with E-state index in [0.717, 1.165) is 35.5 Å². The third kappa shape index (κ3) is 2.86. The van der Waals surface area contributed by atoms with Gasteiger partial charge < -0.3 is 9.84 Å². The maximum Gasteiger partial charge on any atom is 0.158 e. The lowest BCUT2D eigenvalue weighted by molar-refractivity contribution is -0.205. The predicted molar refractivity (Wildman–Crippen MR) is 90.3 cm³/mol. The van der Waals surface area contributed by atoms with Gasteiger partial charge in [-0.25, -0.2) is 0 Å². The van der Waals surface area contributed by atoms with Crippen molar-refractivity contribution in [3.05, 3.63) is 0 Å². The largest absolute Gasteiger partial charge is 0.368 e. The number of hydrogen-bond donors (Lipinski definition) is 1. The van der Waals surface area contributed by atoms with Crippen molar-refractivity contribution >= 4 is 0 Å². The zero-order valence-corrected chi connectivity index (χ0v) is 15.2. The Hall–Kier alpha value is -0.0800. The van der Waals surface area contributed by atoms with Crippen LogP contribution >= 0.6 is 0 Å². The van der Waals surface area contributed by atoms with Crippen LogP contribution in [-0.2, 0) is 4.74 Å². The van der Waals surface area contributed by atoms with Crippen molar-refractivity contribution < 1.29 is 9.84 Å². The summed E-state index contributed by atoms with van der Waals surface area (Å²) in [5, 5.41) is 10.6. The van der Waals surface area contributed by atoms with Gasteiger partial charge in [-0.05, 0) is 75.5 Å². The Bertz CT molecular complexity index is 386. The van der Waals surface area contributed by atoms with Crippen LogP contribution in [0.15, 0.2) is 0 Å². The Kier molecular flexibility index (Phi) is 4.64. The molecule has 2 heteroatoms. The molecule has 8 unspecified atom stereocenters. The fourth-order valence-corrected chi connectivity index (χ4v) is 6.47. The highest BCUT2D eigenvalue weighted by Crippen LogP contribution is 2.66. The summed E-state index contributed by atoms with van der Waals surface area (Å²) >= 11 is 0. The summed E-state index contributed by atoms with van der Waals surface area (Å²) in [6, 6.07) is 0. The molecule has 0 radical (unpaired) electrons. The molecule has 3 aliphatic rings. The summed E-state index contributed by atoms with van der Waals surface area (Å²) in [4.78, 5) is 0. The van der Waals surface area contributed by atoms with Gasteiger partial charge in [0.15, 0.2) is 6.29 Å². The number of aliphatic hydroxyl groups is 1. The number of hydrogen-bond acceptors (Lipinski definition) is 2. The van der Waals surface area contributed by atoms with Crippen molar-refractivity contribution in [2.24, 2.45) is 41.4 Å². The van der Waals surface area contributed by atoms with Crippen LogP contribution in [0.25, 0.3) is 0 Å². The highest BCUT2D eigenvalue weighted by molar-refractivity contribution is 5.08. The van der Waals surface area contributed by atoms with Crippen molar-refractivity contribution in [2.45, 2.75) is 85.0 Å². The summed E-state index contributed by atoms with van der Waals surface area (Å²) in [7, 11) is 0. The van der Waals surface area contributed by atoms with E-state index in [4.69, 9.17) is 4.74 Å². The van der Waals surface area contributed by atoms with Crippen LogP contribution in [0.2, 0.25) is 0 Å². The molecule has 0 spiro atoms. The van der Waals surface area contributed by atoms with Crippen LogP contribution in [0, 0.1) is 41.4 Å². The Morgan fingerprint density at radius 2 is 1.77 bits per heavy atom. The van der Waals surface area contributed by atoms with E-state index < -0.39 is 6.29 Å². The molecule has 0 heterocycles. The molecule has 0 saturated heterocycles. The second-order valence-corrected chi connectivity index (χ2v) is 9.29. The topological polar surface area (TPSA) is 29.5 Å². The average molecular weight is 309 g/mol. The fourth-order valence-electron chi connectivity index (χ4n) is 6.47. The van der Waals surface area contributed by atoms with E-state index in [1.807, 2.05) is 20.8 Å². The molecule has 3 fully saturated rings. The Labute approximate surface area is 137 Å². The van der Waals surface area contributed by atoms with Gasteiger partial charge in [-0.1, -0.05) is 33.1 Å². The van der Waals surface area contributed by atoms with Gasteiger partial charge in [0.2, 0.25) is 0 Å². The minimum absolute atomic E-state index is 0.245. The maximum atomic E-state index is 10.6. The third-order valence-corrected chi connectivity index (χ3v) is 6.90. The standard InChI is InChI=1S/C20H36O2/c1-6-8-13-9-12(7-2)18-15-10-14(17(13)18)11-16(15)19(21)22-20(3,4)5/h12-19,21H,6-11H2,1-5H3. The van der Waals surface area contributed by atoms with Crippen LogP contribution in [0.3, 0.4) is 0 Å². The summed E-state index contributed by atoms with van der Waals surface area (Å²) < 4.78 is 5.92. The zero-order chi connectivity index (χ0) is 16.1. The molecule has 2 nitrogen and oxygen atoms in total. The van der Waals surface area contributed by atoms with Gasteiger partial charge in [-0.2, -0.15) is 0 Å². The Balaban J connectivity index is 1.73. The summed E-state index contributed by atoms with van der Waals surface area (Å²) in [5.41, 5.74) is -0.245. The van der Waals surface area contributed by atoms with E-state index in [9.17, 15) is 5.11 Å². The smallest absolute Gasteiger partial charge is 0.158 e. The number of ether oxygens (including phenoxy) is 1. The van der Waals surface area contributed by atoms with Gasteiger partial charge >= 0.3 is 0 Å². The SMILES string of the molecule is CCCC1CC(CC)C2C3CC(CC3C(O)OC(C)(C)C)C12. The lowest BCUT2D eigenvalue weighted by atomic mass is 9.70. The number of fused-ring (bicyclic) bond motifs is 5. The molecule has 0 amide bonds. The van der Waals surface area contributed by atoms with Gasteiger partial charge in [0, 0.05) is 5.92 Å². The van der Waals surface area contributed by atoms with E-state index in [-0.39, 0.29) is 5.60 Å². The molecule has 0 aliphatic heterocycles. The molecule has 0 aromatic heterocycles. The molecular formula is C20H36O2. The molecule has 8 atom stereocenters. The quantitative estimate of drug-likeness (QED) is 0.735. The first-order chi connectivity index (χ1) is 10.4. The van der Waals surface area contributed by atoms with Gasteiger partial charge in [0.1, 0.15) is 0 Å².